The van der Waals surface area contributed by atoms with E-state index >= 15 is 0 Å². The quantitative estimate of drug-likeness (QED) is 0.157. The highest BCUT2D eigenvalue weighted by molar-refractivity contribution is 6.22. The van der Waals surface area contributed by atoms with Crippen LogP contribution in [0.1, 0.15) is 33.7 Å². The van der Waals surface area contributed by atoms with E-state index in [1.54, 1.807) is 0 Å². The Labute approximate surface area is 427 Å². The van der Waals surface area contributed by atoms with E-state index in [1.807, 2.05) is 6.07 Å². The fraction of sp³-hybridized carbons (Fsp3) is 0.0278. The van der Waals surface area contributed by atoms with Gasteiger partial charge in [-0.1, -0.05) is 206 Å². The Bertz CT molecular complexity index is 4760. The molecule has 0 bridgehead atoms. The maximum absolute atomic E-state index is 6.26. The lowest BCUT2D eigenvalue weighted by Crippen LogP contribution is -2.15. The zero-order valence-corrected chi connectivity index (χ0v) is 40.4. The maximum atomic E-state index is 6.26. The Hall–Kier alpha value is -9.50. The predicted octanol–water partition coefficient (Wildman–Crippen LogP) is 19.4. The molecule has 15 aromatic rings. The molecule has 74 heavy (non-hydrogen) atoms. The van der Waals surface area contributed by atoms with Crippen LogP contribution in [-0.2, 0) is 6.42 Å². The summed E-state index contributed by atoms with van der Waals surface area (Å²) in [6.45, 7) is 0. The minimum absolute atomic E-state index is 0.118. The van der Waals surface area contributed by atoms with Crippen LogP contribution in [-0.4, -0.2) is 4.57 Å². The van der Waals surface area contributed by atoms with Crippen molar-refractivity contribution < 1.29 is 4.42 Å². The van der Waals surface area contributed by atoms with E-state index in [9.17, 15) is 0 Å². The highest BCUT2D eigenvalue weighted by atomic mass is 16.3. The Morgan fingerprint density at radius 3 is 1.64 bits per heavy atom. The molecule has 2 aromatic heterocycles. The molecule has 1 aliphatic rings. The zero-order chi connectivity index (χ0) is 48.4. The van der Waals surface area contributed by atoms with Crippen LogP contribution in [0.5, 0.6) is 0 Å². The molecule has 0 radical (unpaired) electrons. The second-order valence-electron chi connectivity index (χ2n) is 20.3. The number of hydrogen-bond acceptors (Lipinski definition) is 1. The summed E-state index contributed by atoms with van der Waals surface area (Å²) in [5, 5.41) is 14.8. The van der Waals surface area contributed by atoms with Crippen LogP contribution in [0.3, 0.4) is 0 Å². The summed E-state index contributed by atoms with van der Waals surface area (Å²) in [6, 6.07) is 94.8. The van der Waals surface area contributed by atoms with Gasteiger partial charge in [-0.05, 0) is 159 Å². The predicted molar refractivity (Wildman–Crippen MR) is 311 cm³/mol. The number of aromatic nitrogens is 1. The number of benzene rings is 13. The first-order valence-electron chi connectivity index (χ1n) is 25.8. The molecule has 0 amide bonds. The third kappa shape index (κ3) is 6.18. The molecule has 2 heterocycles. The largest absolute Gasteiger partial charge is 0.456 e. The summed E-state index contributed by atoms with van der Waals surface area (Å²) in [5.74, 6) is 0.118. The summed E-state index contributed by atoms with van der Waals surface area (Å²) >= 11 is 0. The molecule has 16 rings (SSSR count). The van der Waals surface area contributed by atoms with Crippen LogP contribution in [0.15, 0.2) is 259 Å². The van der Waals surface area contributed by atoms with Gasteiger partial charge < -0.3 is 8.98 Å². The molecule has 2 heteroatoms. The van der Waals surface area contributed by atoms with E-state index in [4.69, 9.17) is 4.42 Å². The van der Waals surface area contributed by atoms with Crippen molar-refractivity contribution in [2.75, 3.05) is 0 Å². The van der Waals surface area contributed by atoms with Gasteiger partial charge in [0.1, 0.15) is 11.2 Å². The van der Waals surface area contributed by atoms with E-state index in [-0.39, 0.29) is 5.92 Å². The lowest BCUT2D eigenvalue weighted by Gasteiger charge is -2.30. The van der Waals surface area contributed by atoms with Gasteiger partial charge in [-0.3, -0.25) is 0 Å². The van der Waals surface area contributed by atoms with Gasteiger partial charge in [0.25, 0.3) is 0 Å². The fourth-order valence-corrected chi connectivity index (χ4v) is 13.0. The average molecular weight is 940 g/mol. The summed E-state index contributed by atoms with van der Waals surface area (Å²) in [7, 11) is 0. The van der Waals surface area contributed by atoms with E-state index in [2.05, 4.69) is 253 Å². The van der Waals surface area contributed by atoms with Crippen LogP contribution >= 0.6 is 0 Å². The second-order valence-corrected chi connectivity index (χ2v) is 20.3. The number of para-hydroxylation sites is 2. The van der Waals surface area contributed by atoms with Crippen molar-refractivity contribution in [2.24, 2.45) is 0 Å². The van der Waals surface area contributed by atoms with Gasteiger partial charge in [-0.2, -0.15) is 0 Å². The minimum atomic E-state index is 0.118. The number of nitrogens with zero attached hydrogens (tertiary/aromatic N) is 1. The fourth-order valence-electron chi connectivity index (χ4n) is 13.0. The first-order valence-corrected chi connectivity index (χ1v) is 25.8. The summed E-state index contributed by atoms with van der Waals surface area (Å²) in [5.41, 5.74) is 19.7. The normalized spacial score (nSPS) is 13.5. The SMILES string of the molecule is c1ccc(C2c3ccc(-c4ccc5c(c4)c4ccccc4n5-c4ccc5c(ccc6oc7ccccc7c65)c4)cc3Cc3cc(-c4c5ccccc5c(-c5ccc6ccccc6c5)c5ccccc45)ccc32)cc1. The van der Waals surface area contributed by atoms with Crippen molar-refractivity contribution in [1.29, 1.82) is 0 Å². The molecular formula is C72H45NO. The molecule has 1 aliphatic carbocycles. The standard InChI is InChI=1S/C72H45NO/c1-2-15-45(16-3-1)69-56-33-28-47(48-30-36-66-64(43-48)58-18-10-12-24-65(58)73(66)54-32-35-55-49(42-54)31-37-68-72(55)63-23-11-13-25-67(63)74-68)39-52(56)41-53-40-51(29-34-57(53)69)71-61-21-8-6-19-59(61)70(60-20-7-9-22-62(60)71)50-27-26-44-14-4-5-17-46(44)38-50/h1-40,42-43,69H,41H2. The smallest absolute Gasteiger partial charge is 0.136 e. The third-order valence-electron chi connectivity index (χ3n) is 16.3. The molecule has 0 N–H and O–H groups in total. The minimum Gasteiger partial charge on any atom is -0.456 e. The Balaban J connectivity index is 0.822. The van der Waals surface area contributed by atoms with Crippen LogP contribution in [0.25, 0.3) is 126 Å². The van der Waals surface area contributed by atoms with Gasteiger partial charge in [0.05, 0.1) is 11.0 Å². The van der Waals surface area contributed by atoms with Crippen molar-refractivity contribution in [2.45, 2.75) is 12.3 Å². The molecule has 0 fully saturated rings. The van der Waals surface area contributed by atoms with Crippen molar-refractivity contribution in [3.8, 4) is 39.1 Å². The molecule has 0 aliphatic heterocycles. The van der Waals surface area contributed by atoms with Gasteiger partial charge in [0, 0.05) is 33.2 Å². The van der Waals surface area contributed by atoms with Crippen molar-refractivity contribution in [3.05, 3.63) is 283 Å². The molecule has 2 nitrogen and oxygen atoms in total. The highest BCUT2D eigenvalue weighted by Crippen LogP contribution is 2.48. The third-order valence-corrected chi connectivity index (χ3v) is 16.3. The number of fused-ring (bicyclic) bond motifs is 13. The number of rotatable bonds is 5. The lowest BCUT2D eigenvalue weighted by atomic mass is 9.73. The summed E-state index contributed by atoms with van der Waals surface area (Å²) in [6.07, 6.45) is 0.852. The first-order chi connectivity index (χ1) is 36.7. The molecule has 1 atom stereocenters. The van der Waals surface area contributed by atoms with Crippen molar-refractivity contribution in [3.63, 3.8) is 0 Å². The molecule has 0 saturated heterocycles. The van der Waals surface area contributed by atoms with Gasteiger partial charge in [-0.15, -0.1) is 0 Å². The van der Waals surface area contributed by atoms with Crippen LogP contribution in [0.4, 0.5) is 0 Å². The van der Waals surface area contributed by atoms with Crippen LogP contribution in [0.2, 0.25) is 0 Å². The monoisotopic (exact) mass is 939 g/mol. The topological polar surface area (TPSA) is 18.1 Å². The van der Waals surface area contributed by atoms with E-state index in [0.29, 0.717) is 0 Å². The van der Waals surface area contributed by atoms with Gasteiger partial charge >= 0.3 is 0 Å². The summed E-state index contributed by atoms with van der Waals surface area (Å²) < 4.78 is 8.69. The lowest BCUT2D eigenvalue weighted by molar-refractivity contribution is 0.669. The van der Waals surface area contributed by atoms with Gasteiger partial charge in [0.2, 0.25) is 0 Å². The molecule has 0 saturated carbocycles. The number of hydrogen-bond donors (Lipinski definition) is 0. The Morgan fingerprint density at radius 2 is 0.878 bits per heavy atom. The Morgan fingerprint density at radius 1 is 0.324 bits per heavy atom. The molecule has 1 unspecified atom stereocenters. The number of furan rings is 1. The Kier molecular flexibility index (Phi) is 8.90. The zero-order valence-electron chi connectivity index (χ0n) is 40.4. The molecule has 0 spiro atoms. The van der Waals surface area contributed by atoms with E-state index < -0.39 is 0 Å². The van der Waals surface area contributed by atoms with E-state index in [1.165, 1.54) is 131 Å². The molecule has 344 valence electrons. The van der Waals surface area contributed by atoms with Crippen molar-refractivity contribution in [1.82, 2.24) is 4.57 Å². The van der Waals surface area contributed by atoms with Crippen molar-refractivity contribution >= 4 is 86.8 Å². The second kappa shape index (κ2) is 16.0. The molecular weight excluding hydrogens is 895 g/mol. The van der Waals surface area contributed by atoms with E-state index in [0.717, 1.165) is 28.7 Å². The van der Waals surface area contributed by atoms with Crippen LogP contribution < -0.4 is 0 Å². The average Bonchev–Trinajstić information content (AvgIpc) is 4.02. The maximum Gasteiger partial charge on any atom is 0.136 e. The summed E-state index contributed by atoms with van der Waals surface area (Å²) in [4.78, 5) is 0. The molecule has 13 aromatic carbocycles. The first kappa shape index (κ1) is 41.2. The van der Waals surface area contributed by atoms with Crippen LogP contribution in [0, 0.1) is 0 Å². The van der Waals surface area contributed by atoms with Gasteiger partial charge in [-0.25, -0.2) is 0 Å². The van der Waals surface area contributed by atoms with Gasteiger partial charge in [0.15, 0.2) is 0 Å². The highest BCUT2D eigenvalue weighted by Gasteiger charge is 2.29.